The third-order valence-corrected chi connectivity index (χ3v) is 1.67. The van der Waals surface area contributed by atoms with Crippen LogP contribution in [0.1, 0.15) is 6.42 Å². The largest absolute Gasteiger partial charge is 0.469 e. The van der Waals surface area contributed by atoms with Gasteiger partial charge in [-0.3, -0.25) is 14.6 Å². The number of hydrogen-bond donors (Lipinski definition) is 0. The normalized spacial score (nSPS) is 9.71. The summed E-state index contributed by atoms with van der Waals surface area (Å²) < 4.78 is 4.47. The van der Waals surface area contributed by atoms with Gasteiger partial charge in [0.2, 0.25) is 0 Å². The highest BCUT2D eigenvalue weighted by molar-refractivity contribution is 5.86. The minimum absolute atomic E-state index is 0.175. The van der Waals surface area contributed by atoms with Crippen molar-refractivity contribution in [1.29, 1.82) is 0 Å². The molecular formula is C9H16N2O3. The van der Waals surface area contributed by atoms with Crippen LogP contribution in [-0.4, -0.2) is 49.6 Å². The van der Waals surface area contributed by atoms with E-state index in [0.29, 0.717) is 6.54 Å². The van der Waals surface area contributed by atoms with E-state index in [1.54, 1.807) is 19.1 Å². The monoisotopic (exact) mass is 200 g/mol. The molecule has 0 aromatic carbocycles. The van der Waals surface area contributed by atoms with Gasteiger partial charge in [-0.25, -0.2) is 5.01 Å². The fourth-order valence-corrected chi connectivity index (χ4v) is 0.912. The van der Waals surface area contributed by atoms with Gasteiger partial charge in [0.05, 0.1) is 13.5 Å². The van der Waals surface area contributed by atoms with Gasteiger partial charge in [-0.05, 0) is 6.08 Å². The van der Waals surface area contributed by atoms with Crippen molar-refractivity contribution in [2.75, 3.05) is 27.7 Å². The van der Waals surface area contributed by atoms with Crippen molar-refractivity contribution in [3.05, 3.63) is 12.7 Å². The number of nitrogens with zero attached hydrogens (tertiary/aromatic N) is 2. The van der Waals surface area contributed by atoms with E-state index in [4.69, 9.17) is 0 Å². The summed E-state index contributed by atoms with van der Waals surface area (Å²) in [7, 11) is 4.76. The highest BCUT2D eigenvalue weighted by Crippen LogP contribution is 1.97. The zero-order valence-corrected chi connectivity index (χ0v) is 8.82. The summed E-state index contributed by atoms with van der Waals surface area (Å²) in [4.78, 5) is 22.1. The van der Waals surface area contributed by atoms with E-state index in [9.17, 15) is 9.59 Å². The summed E-state index contributed by atoms with van der Waals surface area (Å²) in [6.07, 6.45) is 1.38. The number of hydrazine groups is 1. The lowest BCUT2D eigenvalue weighted by atomic mass is 10.4. The Morgan fingerprint density at radius 3 is 2.36 bits per heavy atom. The molecule has 1 amide bonds. The fourth-order valence-electron chi connectivity index (χ4n) is 0.912. The maximum Gasteiger partial charge on any atom is 0.307 e. The first-order valence-electron chi connectivity index (χ1n) is 4.21. The van der Waals surface area contributed by atoms with Crippen LogP contribution < -0.4 is 0 Å². The van der Waals surface area contributed by atoms with Gasteiger partial charge in [0, 0.05) is 20.6 Å². The quantitative estimate of drug-likeness (QED) is 0.357. The van der Waals surface area contributed by atoms with Crippen LogP contribution in [0.25, 0.3) is 0 Å². The highest BCUT2D eigenvalue weighted by atomic mass is 16.5. The first-order valence-corrected chi connectivity index (χ1v) is 4.21. The van der Waals surface area contributed by atoms with Crippen molar-refractivity contribution in [3.8, 4) is 0 Å². The lowest BCUT2D eigenvalue weighted by Gasteiger charge is -2.27. The number of methoxy groups -OCH3 is 1. The first kappa shape index (κ1) is 12.6. The number of amides is 1. The van der Waals surface area contributed by atoms with Gasteiger partial charge >= 0.3 is 5.97 Å². The van der Waals surface area contributed by atoms with Gasteiger partial charge in [0.15, 0.2) is 0 Å². The Labute approximate surface area is 83.9 Å². The van der Waals surface area contributed by atoms with E-state index in [-0.39, 0.29) is 18.3 Å². The Bertz CT molecular complexity index is 226. The molecule has 0 N–H and O–H groups in total. The Hall–Kier alpha value is -1.36. The van der Waals surface area contributed by atoms with Gasteiger partial charge < -0.3 is 4.74 Å². The minimum Gasteiger partial charge on any atom is -0.469 e. The third kappa shape index (κ3) is 4.04. The van der Waals surface area contributed by atoms with E-state index < -0.39 is 0 Å². The molecule has 0 atom stereocenters. The van der Waals surface area contributed by atoms with Crippen LogP contribution >= 0.6 is 0 Å². The third-order valence-electron chi connectivity index (χ3n) is 1.67. The highest BCUT2D eigenvalue weighted by Gasteiger charge is 2.14. The van der Waals surface area contributed by atoms with Crippen LogP contribution in [0.3, 0.4) is 0 Å². The molecule has 5 heteroatoms. The molecule has 0 bridgehead atoms. The molecule has 5 nitrogen and oxygen atoms in total. The molecular weight excluding hydrogens is 184 g/mol. The fraction of sp³-hybridized carbons (Fsp3) is 0.556. The molecule has 0 aliphatic carbocycles. The molecule has 80 valence electrons. The molecule has 0 unspecified atom stereocenters. The topological polar surface area (TPSA) is 49.9 Å². The summed E-state index contributed by atoms with van der Waals surface area (Å²) in [6.45, 7) is 3.67. The Kier molecular flexibility index (Phi) is 5.55. The molecule has 0 heterocycles. The van der Waals surface area contributed by atoms with Gasteiger partial charge in [-0.1, -0.05) is 6.58 Å². The van der Waals surface area contributed by atoms with Crippen molar-refractivity contribution in [1.82, 2.24) is 10.0 Å². The summed E-state index contributed by atoms with van der Waals surface area (Å²) in [5, 5.41) is 3.01. The maximum absolute atomic E-state index is 11.3. The molecule has 0 fully saturated rings. The van der Waals surface area contributed by atoms with Gasteiger partial charge in [0.1, 0.15) is 0 Å². The van der Waals surface area contributed by atoms with E-state index >= 15 is 0 Å². The lowest BCUT2D eigenvalue weighted by molar-refractivity contribution is -0.145. The molecule has 0 aliphatic heterocycles. The minimum atomic E-state index is -0.339. The molecule has 0 rings (SSSR count). The smallest absolute Gasteiger partial charge is 0.307 e. The summed E-state index contributed by atoms with van der Waals surface area (Å²) >= 11 is 0. The molecule has 14 heavy (non-hydrogen) atoms. The molecule has 0 aliphatic rings. The Balaban J connectivity index is 4.17. The number of esters is 1. The zero-order chi connectivity index (χ0) is 11.1. The molecule has 0 radical (unpaired) electrons. The van der Waals surface area contributed by atoms with Gasteiger partial charge in [0.25, 0.3) is 5.91 Å². The Morgan fingerprint density at radius 2 is 2.00 bits per heavy atom. The summed E-state index contributed by atoms with van der Waals surface area (Å²) in [5.74, 6) is -0.576. The number of ether oxygens (including phenoxy) is 1. The van der Waals surface area contributed by atoms with Crippen LogP contribution in [0.4, 0.5) is 0 Å². The van der Waals surface area contributed by atoms with Crippen molar-refractivity contribution in [3.63, 3.8) is 0 Å². The van der Waals surface area contributed by atoms with E-state index in [2.05, 4.69) is 11.3 Å². The second kappa shape index (κ2) is 6.15. The number of carbonyl (C=O) groups excluding carboxylic acids is 2. The number of carbonyl (C=O) groups is 2. The van der Waals surface area contributed by atoms with E-state index in [0.717, 1.165) is 0 Å². The van der Waals surface area contributed by atoms with E-state index in [1.807, 2.05) is 0 Å². The SMILES string of the molecule is C=CC(=O)N(CCC(=O)OC)N(C)C. The average Bonchev–Trinajstić information content (AvgIpc) is 2.16. The second-order valence-corrected chi connectivity index (χ2v) is 2.84. The average molecular weight is 200 g/mol. The lowest BCUT2D eigenvalue weighted by Crippen LogP contribution is -2.42. The van der Waals surface area contributed by atoms with Crippen LogP contribution in [0.5, 0.6) is 0 Å². The van der Waals surface area contributed by atoms with Crippen LogP contribution in [-0.2, 0) is 14.3 Å². The van der Waals surface area contributed by atoms with Crippen LogP contribution in [0.15, 0.2) is 12.7 Å². The van der Waals surface area contributed by atoms with Crippen molar-refractivity contribution >= 4 is 11.9 Å². The zero-order valence-electron chi connectivity index (χ0n) is 8.82. The van der Waals surface area contributed by atoms with Crippen molar-refractivity contribution in [2.45, 2.75) is 6.42 Å². The van der Waals surface area contributed by atoms with E-state index in [1.165, 1.54) is 18.2 Å². The number of rotatable bonds is 5. The predicted octanol–water partition coefficient (Wildman–Crippen LogP) is 0.0407. The predicted molar refractivity (Wildman–Crippen MR) is 52.2 cm³/mol. The Morgan fingerprint density at radius 1 is 1.43 bits per heavy atom. The molecule has 0 spiro atoms. The summed E-state index contributed by atoms with van der Waals surface area (Å²) in [5.41, 5.74) is 0. The molecule has 0 aromatic heterocycles. The molecule has 0 aromatic rings. The van der Waals surface area contributed by atoms with Crippen molar-refractivity contribution < 1.29 is 14.3 Å². The first-order chi connectivity index (χ1) is 6.52. The van der Waals surface area contributed by atoms with Crippen LogP contribution in [0, 0.1) is 0 Å². The van der Waals surface area contributed by atoms with Crippen LogP contribution in [0.2, 0.25) is 0 Å². The summed E-state index contributed by atoms with van der Waals surface area (Å²) in [6, 6.07) is 0. The number of hydrogen-bond acceptors (Lipinski definition) is 4. The van der Waals surface area contributed by atoms with Gasteiger partial charge in [-0.15, -0.1) is 0 Å². The van der Waals surface area contributed by atoms with Crippen molar-refractivity contribution in [2.24, 2.45) is 0 Å². The molecule has 0 saturated heterocycles. The van der Waals surface area contributed by atoms with Gasteiger partial charge in [-0.2, -0.15) is 0 Å². The molecule has 0 saturated carbocycles. The second-order valence-electron chi connectivity index (χ2n) is 2.84. The maximum atomic E-state index is 11.3. The standard InChI is InChI=1S/C9H16N2O3/c1-5-8(12)11(10(2)3)7-6-9(13)14-4/h5H,1,6-7H2,2-4H3.